The van der Waals surface area contributed by atoms with Crippen LogP contribution in [0.25, 0.3) is 0 Å². The van der Waals surface area contributed by atoms with Gasteiger partial charge in [-0.25, -0.2) is 17.6 Å². The van der Waals surface area contributed by atoms with E-state index in [2.05, 4.69) is 9.47 Å². The molecule has 0 aromatic carbocycles. The highest BCUT2D eigenvalue weighted by Gasteiger charge is 2.55. The maximum absolute atomic E-state index is 14.8. The fraction of sp³-hybridized carbons (Fsp3) is 1.00. The normalized spacial score (nSPS) is 44.4. The second-order valence-corrected chi connectivity index (χ2v) is 9.73. The SMILES string of the molecule is FC1CC(C2CCC(OC(F)(F)C3C(F)CC(Cl)CC3F)CC2F)CCC1OC(F)(F)F. The highest BCUT2D eigenvalue weighted by atomic mass is 35.5. The zero-order valence-electron chi connectivity index (χ0n) is 17.0. The summed E-state index contributed by atoms with van der Waals surface area (Å²) in [4.78, 5) is 0. The molecule has 0 aromatic rings. The van der Waals surface area contributed by atoms with E-state index in [0.717, 1.165) is 0 Å². The number of rotatable bonds is 5. The molecule has 0 bridgehead atoms. The topological polar surface area (TPSA) is 18.5 Å². The molecule has 3 aliphatic carbocycles. The van der Waals surface area contributed by atoms with Gasteiger partial charge in [0.1, 0.15) is 30.6 Å². The van der Waals surface area contributed by atoms with Gasteiger partial charge in [-0.3, -0.25) is 4.74 Å². The highest BCUT2D eigenvalue weighted by molar-refractivity contribution is 6.20. The van der Waals surface area contributed by atoms with Crippen molar-refractivity contribution >= 4 is 11.6 Å². The number of hydrogen-bond acceptors (Lipinski definition) is 2. The Morgan fingerprint density at radius 2 is 1.28 bits per heavy atom. The van der Waals surface area contributed by atoms with E-state index in [4.69, 9.17) is 11.6 Å². The second-order valence-electron chi connectivity index (χ2n) is 9.11. The summed E-state index contributed by atoms with van der Waals surface area (Å²) in [6.45, 7) is 0. The Morgan fingerprint density at radius 1 is 0.656 bits per heavy atom. The van der Waals surface area contributed by atoms with Crippen LogP contribution < -0.4 is 0 Å². The third kappa shape index (κ3) is 6.37. The lowest BCUT2D eigenvalue weighted by molar-refractivity contribution is -0.352. The fourth-order valence-corrected chi connectivity index (χ4v) is 5.72. The van der Waals surface area contributed by atoms with Crippen molar-refractivity contribution in [3.05, 3.63) is 0 Å². The van der Waals surface area contributed by atoms with Gasteiger partial charge in [-0.2, -0.15) is 8.78 Å². The first-order valence-corrected chi connectivity index (χ1v) is 11.2. The van der Waals surface area contributed by atoms with E-state index >= 15 is 0 Å². The van der Waals surface area contributed by atoms with Gasteiger partial charge < -0.3 is 4.74 Å². The Morgan fingerprint density at radius 3 is 1.81 bits per heavy atom. The van der Waals surface area contributed by atoms with Crippen LogP contribution in [-0.2, 0) is 9.47 Å². The van der Waals surface area contributed by atoms with Gasteiger partial charge in [0.2, 0.25) is 0 Å². The summed E-state index contributed by atoms with van der Waals surface area (Å²) >= 11 is 5.67. The first-order valence-electron chi connectivity index (χ1n) is 10.8. The van der Waals surface area contributed by atoms with Crippen molar-refractivity contribution in [2.24, 2.45) is 17.8 Å². The molecule has 12 heteroatoms. The molecule has 8 atom stereocenters. The Balaban J connectivity index is 1.53. The fourth-order valence-electron chi connectivity index (χ4n) is 5.38. The van der Waals surface area contributed by atoms with Gasteiger partial charge in [-0.05, 0) is 56.8 Å². The maximum Gasteiger partial charge on any atom is 0.522 e. The van der Waals surface area contributed by atoms with E-state index in [1.165, 1.54) is 0 Å². The molecule has 0 spiro atoms. The predicted octanol–water partition coefficient (Wildman–Crippen LogP) is 6.84. The van der Waals surface area contributed by atoms with Gasteiger partial charge >= 0.3 is 12.5 Å². The summed E-state index contributed by atoms with van der Waals surface area (Å²) < 4.78 is 132. The summed E-state index contributed by atoms with van der Waals surface area (Å²) in [6, 6.07) is 0. The van der Waals surface area contributed by atoms with Crippen molar-refractivity contribution in [2.45, 2.75) is 106 Å². The summed E-state index contributed by atoms with van der Waals surface area (Å²) in [6.07, 6.45) is -21.8. The van der Waals surface area contributed by atoms with Crippen LogP contribution in [-0.4, -0.2) is 54.7 Å². The van der Waals surface area contributed by atoms with Crippen LogP contribution in [0.1, 0.15) is 51.4 Å². The Bertz CT molecular complexity index is 610. The van der Waals surface area contributed by atoms with Crippen molar-refractivity contribution in [3.8, 4) is 0 Å². The van der Waals surface area contributed by atoms with Gasteiger partial charge in [0, 0.05) is 11.8 Å². The average Bonchev–Trinajstić information content (AvgIpc) is 2.61. The molecule has 3 fully saturated rings. The molecule has 8 unspecified atom stereocenters. The summed E-state index contributed by atoms with van der Waals surface area (Å²) in [7, 11) is 0. The van der Waals surface area contributed by atoms with Crippen LogP contribution in [0.4, 0.5) is 39.5 Å². The molecule has 3 aliphatic rings. The third-order valence-electron chi connectivity index (χ3n) is 6.87. The van der Waals surface area contributed by atoms with Crippen LogP contribution in [0.15, 0.2) is 0 Å². The van der Waals surface area contributed by atoms with E-state index in [9.17, 15) is 39.5 Å². The van der Waals surface area contributed by atoms with Crippen molar-refractivity contribution in [2.75, 3.05) is 0 Å². The number of hydrogen-bond donors (Lipinski definition) is 0. The van der Waals surface area contributed by atoms with Gasteiger partial charge in [0.15, 0.2) is 0 Å². The molecule has 0 saturated heterocycles. The minimum absolute atomic E-state index is 0.0324. The standard InChI is InChI=1S/C20H26ClF9O2/c21-10-6-15(24)18(16(25)7-10)19(26,27)31-11-2-3-12(13(22)8-11)9-1-4-17(14(23)5-9)32-20(28,29)30/h9-18H,1-8H2. The van der Waals surface area contributed by atoms with E-state index in [0.29, 0.717) is 0 Å². The predicted molar refractivity (Wildman–Crippen MR) is 97.4 cm³/mol. The van der Waals surface area contributed by atoms with Crippen molar-refractivity contribution < 1.29 is 49.0 Å². The van der Waals surface area contributed by atoms with E-state index in [-0.39, 0.29) is 32.1 Å². The van der Waals surface area contributed by atoms with Crippen LogP contribution in [0.5, 0.6) is 0 Å². The van der Waals surface area contributed by atoms with Crippen molar-refractivity contribution in [3.63, 3.8) is 0 Å². The molecule has 188 valence electrons. The lowest BCUT2D eigenvalue weighted by atomic mass is 9.71. The van der Waals surface area contributed by atoms with Crippen LogP contribution in [0, 0.1) is 17.8 Å². The van der Waals surface area contributed by atoms with Gasteiger partial charge in [-0.1, -0.05) is 0 Å². The number of ether oxygens (including phenoxy) is 2. The van der Waals surface area contributed by atoms with Crippen molar-refractivity contribution in [1.29, 1.82) is 0 Å². The number of alkyl halides is 10. The molecule has 3 rings (SSSR count). The number of halogens is 10. The molecular weight excluding hydrogens is 479 g/mol. The van der Waals surface area contributed by atoms with Crippen LogP contribution in [0.3, 0.4) is 0 Å². The molecule has 3 saturated carbocycles. The highest BCUT2D eigenvalue weighted by Crippen LogP contribution is 2.46. The minimum atomic E-state index is -4.97. The van der Waals surface area contributed by atoms with Gasteiger partial charge in [0.05, 0.1) is 12.2 Å². The monoisotopic (exact) mass is 504 g/mol. The summed E-state index contributed by atoms with van der Waals surface area (Å²) in [5.41, 5.74) is 0. The lowest BCUT2D eigenvalue weighted by Crippen LogP contribution is -2.50. The summed E-state index contributed by atoms with van der Waals surface area (Å²) in [5, 5.41) is -0.895. The van der Waals surface area contributed by atoms with Gasteiger partial charge in [0.25, 0.3) is 0 Å². The van der Waals surface area contributed by atoms with E-state index in [1.54, 1.807) is 0 Å². The Hall–Kier alpha value is -0.420. The molecule has 0 heterocycles. The van der Waals surface area contributed by atoms with Crippen molar-refractivity contribution in [1.82, 2.24) is 0 Å². The van der Waals surface area contributed by atoms with Gasteiger partial charge in [-0.15, -0.1) is 24.8 Å². The van der Waals surface area contributed by atoms with Crippen LogP contribution in [0.2, 0.25) is 0 Å². The minimum Gasteiger partial charge on any atom is -0.317 e. The molecular formula is C20H26ClF9O2. The molecule has 0 aromatic heterocycles. The van der Waals surface area contributed by atoms with E-state index in [1.807, 2.05) is 0 Å². The lowest BCUT2D eigenvalue weighted by Gasteiger charge is -2.42. The van der Waals surface area contributed by atoms with E-state index < -0.39 is 91.8 Å². The molecule has 0 radical (unpaired) electrons. The molecule has 2 nitrogen and oxygen atoms in total. The zero-order chi connectivity index (χ0) is 23.8. The molecule has 0 N–H and O–H groups in total. The Labute approximate surface area is 185 Å². The van der Waals surface area contributed by atoms with Crippen LogP contribution >= 0.6 is 11.6 Å². The third-order valence-corrected chi connectivity index (χ3v) is 7.23. The Kier molecular flexibility index (Phi) is 8.23. The molecule has 0 amide bonds. The summed E-state index contributed by atoms with van der Waals surface area (Å²) in [5.74, 6) is -3.61. The zero-order valence-corrected chi connectivity index (χ0v) is 17.8. The largest absolute Gasteiger partial charge is 0.522 e. The smallest absolute Gasteiger partial charge is 0.317 e. The molecule has 32 heavy (non-hydrogen) atoms. The quantitative estimate of drug-likeness (QED) is 0.301. The molecule has 0 aliphatic heterocycles. The average molecular weight is 505 g/mol. The second kappa shape index (κ2) is 10.1. The maximum atomic E-state index is 14.8. The first-order chi connectivity index (χ1) is 14.8. The first kappa shape index (κ1) is 26.2.